The molecule has 0 aliphatic carbocycles. The standard InChI is InChI=1S/C20H22N4O2/c1-2-26-20(25)23-11-7-16(8-12-23)24-13-10-22-19(24)18-5-3-4-15-14-21-9-6-17(15)18/h3-6,9-10,13-14,16H,2,7-8,11-12H2,1H3. The minimum absolute atomic E-state index is 0.210. The third-order valence-electron chi connectivity index (χ3n) is 4.97. The Hall–Kier alpha value is -2.89. The van der Waals surface area contributed by atoms with E-state index in [2.05, 4.69) is 26.7 Å². The minimum Gasteiger partial charge on any atom is -0.450 e. The Bertz CT molecular complexity index is 908. The molecule has 3 aromatic rings. The van der Waals surface area contributed by atoms with E-state index in [1.54, 1.807) is 4.90 Å². The van der Waals surface area contributed by atoms with Crippen molar-refractivity contribution in [1.29, 1.82) is 0 Å². The number of hydrogen-bond donors (Lipinski definition) is 0. The summed E-state index contributed by atoms with van der Waals surface area (Å²) in [5.74, 6) is 0.969. The number of benzene rings is 1. The van der Waals surface area contributed by atoms with E-state index in [0.717, 1.165) is 35.0 Å². The third kappa shape index (κ3) is 3.03. The molecule has 1 saturated heterocycles. The van der Waals surface area contributed by atoms with Crippen molar-refractivity contribution in [2.75, 3.05) is 19.7 Å². The zero-order valence-electron chi connectivity index (χ0n) is 14.8. The summed E-state index contributed by atoms with van der Waals surface area (Å²) < 4.78 is 7.36. The van der Waals surface area contributed by atoms with Crippen molar-refractivity contribution in [3.63, 3.8) is 0 Å². The number of nitrogens with zero attached hydrogens (tertiary/aromatic N) is 4. The second-order valence-corrected chi connectivity index (χ2v) is 6.48. The quantitative estimate of drug-likeness (QED) is 0.719. The highest BCUT2D eigenvalue weighted by atomic mass is 16.6. The fraction of sp³-hybridized carbons (Fsp3) is 0.350. The molecular formula is C20H22N4O2. The van der Waals surface area contributed by atoms with Crippen LogP contribution in [0.4, 0.5) is 4.79 Å². The fourth-order valence-electron chi connectivity index (χ4n) is 3.68. The van der Waals surface area contributed by atoms with E-state index >= 15 is 0 Å². The Kier molecular flexibility index (Phi) is 4.56. The summed E-state index contributed by atoms with van der Waals surface area (Å²) in [6.45, 7) is 3.67. The molecule has 1 fully saturated rings. The molecule has 6 nitrogen and oxygen atoms in total. The van der Waals surface area contributed by atoms with Gasteiger partial charge in [0.1, 0.15) is 5.82 Å². The Labute approximate surface area is 152 Å². The van der Waals surface area contributed by atoms with E-state index in [9.17, 15) is 4.79 Å². The number of piperidine rings is 1. The van der Waals surface area contributed by atoms with Gasteiger partial charge >= 0.3 is 6.09 Å². The van der Waals surface area contributed by atoms with E-state index in [-0.39, 0.29) is 6.09 Å². The zero-order valence-corrected chi connectivity index (χ0v) is 14.8. The van der Waals surface area contributed by atoms with Crippen LogP contribution in [0.2, 0.25) is 0 Å². The minimum atomic E-state index is -0.210. The van der Waals surface area contributed by atoms with Crippen molar-refractivity contribution in [2.45, 2.75) is 25.8 Å². The highest BCUT2D eigenvalue weighted by molar-refractivity contribution is 5.94. The van der Waals surface area contributed by atoms with E-state index in [0.29, 0.717) is 25.7 Å². The van der Waals surface area contributed by atoms with Gasteiger partial charge in [0.05, 0.1) is 6.61 Å². The largest absolute Gasteiger partial charge is 0.450 e. The number of hydrogen-bond acceptors (Lipinski definition) is 4. The smallest absolute Gasteiger partial charge is 0.409 e. The third-order valence-corrected chi connectivity index (χ3v) is 4.97. The summed E-state index contributed by atoms with van der Waals surface area (Å²) in [7, 11) is 0. The molecule has 2 aromatic heterocycles. The molecule has 0 spiro atoms. The first-order valence-corrected chi connectivity index (χ1v) is 9.05. The van der Waals surface area contributed by atoms with Crippen LogP contribution in [-0.2, 0) is 4.74 Å². The maximum atomic E-state index is 11.9. The molecule has 0 radical (unpaired) electrons. The van der Waals surface area contributed by atoms with Gasteiger partial charge in [0, 0.05) is 54.9 Å². The van der Waals surface area contributed by atoms with Crippen LogP contribution in [-0.4, -0.2) is 45.2 Å². The number of pyridine rings is 1. The normalized spacial score (nSPS) is 15.3. The molecule has 1 amide bonds. The number of carbonyl (C=O) groups is 1. The molecule has 0 atom stereocenters. The zero-order chi connectivity index (χ0) is 17.9. The number of fused-ring (bicyclic) bond motifs is 1. The number of imidazole rings is 1. The summed E-state index contributed by atoms with van der Waals surface area (Å²) in [5, 5.41) is 2.26. The van der Waals surface area contributed by atoms with Gasteiger partial charge in [-0.2, -0.15) is 0 Å². The average molecular weight is 350 g/mol. The number of rotatable bonds is 3. The van der Waals surface area contributed by atoms with Gasteiger partial charge in [-0.15, -0.1) is 0 Å². The van der Waals surface area contributed by atoms with Crippen LogP contribution in [0.5, 0.6) is 0 Å². The van der Waals surface area contributed by atoms with Gasteiger partial charge in [0.15, 0.2) is 0 Å². The number of ether oxygens (including phenoxy) is 1. The van der Waals surface area contributed by atoms with Crippen LogP contribution in [0.1, 0.15) is 25.8 Å². The highest BCUT2D eigenvalue weighted by Crippen LogP contribution is 2.32. The molecule has 6 heteroatoms. The van der Waals surface area contributed by atoms with Crippen LogP contribution < -0.4 is 0 Å². The van der Waals surface area contributed by atoms with Gasteiger partial charge in [-0.3, -0.25) is 4.98 Å². The summed E-state index contributed by atoms with van der Waals surface area (Å²) in [5.41, 5.74) is 1.11. The van der Waals surface area contributed by atoms with E-state index < -0.39 is 0 Å². The molecule has 0 bridgehead atoms. The summed E-state index contributed by atoms with van der Waals surface area (Å²) in [4.78, 5) is 22.5. The second kappa shape index (κ2) is 7.15. The molecule has 3 heterocycles. The number of aromatic nitrogens is 3. The Morgan fingerprint density at radius 3 is 2.88 bits per heavy atom. The number of carbonyl (C=O) groups excluding carboxylic acids is 1. The summed E-state index contributed by atoms with van der Waals surface area (Å²) >= 11 is 0. The number of likely N-dealkylation sites (tertiary alicyclic amines) is 1. The van der Waals surface area contributed by atoms with Gasteiger partial charge in [-0.1, -0.05) is 18.2 Å². The van der Waals surface area contributed by atoms with Crippen LogP contribution in [0.15, 0.2) is 49.1 Å². The van der Waals surface area contributed by atoms with Crippen LogP contribution >= 0.6 is 0 Å². The maximum Gasteiger partial charge on any atom is 0.409 e. The SMILES string of the molecule is CCOC(=O)N1CCC(n2ccnc2-c2cccc3cnccc23)CC1. The molecule has 134 valence electrons. The maximum absolute atomic E-state index is 11.9. The van der Waals surface area contributed by atoms with Gasteiger partial charge in [0.25, 0.3) is 0 Å². The van der Waals surface area contributed by atoms with Crippen molar-refractivity contribution in [1.82, 2.24) is 19.4 Å². The van der Waals surface area contributed by atoms with Crippen molar-refractivity contribution in [3.05, 3.63) is 49.1 Å². The second-order valence-electron chi connectivity index (χ2n) is 6.48. The van der Waals surface area contributed by atoms with Gasteiger partial charge < -0.3 is 14.2 Å². The van der Waals surface area contributed by atoms with Crippen molar-refractivity contribution >= 4 is 16.9 Å². The number of amides is 1. The molecule has 1 aromatic carbocycles. The Balaban J connectivity index is 1.59. The molecule has 0 N–H and O–H groups in total. The van der Waals surface area contributed by atoms with Gasteiger partial charge in [0.2, 0.25) is 0 Å². The van der Waals surface area contributed by atoms with Crippen molar-refractivity contribution < 1.29 is 9.53 Å². The topological polar surface area (TPSA) is 60.2 Å². The molecule has 0 saturated carbocycles. The molecule has 4 rings (SSSR count). The first-order chi connectivity index (χ1) is 12.8. The van der Waals surface area contributed by atoms with Crippen LogP contribution in [0.25, 0.3) is 22.2 Å². The molecule has 26 heavy (non-hydrogen) atoms. The summed E-state index contributed by atoms with van der Waals surface area (Å²) in [6, 6.07) is 8.58. The predicted octanol–water partition coefficient (Wildman–Crippen LogP) is 3.89. The van der Waals surface area contributed by atoms with Gasteiger partial charge in [-0.05, 0) is 31.2 Å². The molecule has 1 aliphatic rings. The Morgan fingerprint density at radius 1 is 1.23 bits per heavy atom. The lowest BCUT2D eigenvalue weighted by Crippen LogP contribution is -2.39. The van der Waals surface area contributed by atoms with Crippen molar-refractivity contribution in [2.24, 2.45) is 0 Å². The molecule has 0 unspecified atom stereocenters. The molecule has 1 aliphatic heterocycles. The van der Waals surface area contributed by atoms with E-state index in [1.807, 2.05) is 43.8 Å². The first-order valence-electron chi connectivity index (χ1n) is 9.05. The predicted molar refractivity (Wildman–Crippen MR) is 99.8 cm³/mol. The van der Waals surface area contributed by atoms with Crippen molar-refractivity contribution in [3.8, 4) is 11.4 Å². The Morgan fingerprint density at radius 2 is 2.08 bits per heavy atom. The first kappa shape index (κ1) is 16.6. The molecular weight excluding hydrogens is 328 g/mol. The fourth-order valence-corrected chi connectivity index (χ4v) is 3.68. The van der Waals surface area contributed by atoms with Crippen LogP contribution in [0, 0.1) is 0 Å². The monoisotopic (exact) mass is 350 g/mol. The van der Waals surface area contributed by atoms with Gasteiger partial charge in [-0.25, -0.2) is 9.78 Å². The van der Waals surface area contributed by atoms with E-state index in [1.165, 1.54) is 0 Å². The van der Waals surface area contributed by atoms with Crippen LogP contribution in [0.3, 0.4) is 0 Å². The lowest BCUT2D eigenvalue weighted by atomic mass is 10.0. The lowest BCUT2D eigenvalue weighted by molar-refractivity contribution is 0.0928. The highest BCUT2D eigenvalue weighted by Gasteiger charge is 2.26. The average Bonchev–Trinajstić information content (AvgIpc) is 3.17. The van der Waals surface area contributed by atoms with E-state index in [4.69, 9.17) is 4.74 Å². The summed E-state index contributed by atoms with van der Waals surface area (Å²) in [6.07, 6.45) is 9.18. The lowest BCUT2D eigenvalue weighted by Gasteiger charge is -2.32.